The van der Waals surface area contributed by atoms with Gasteiger partial charge in [-0.05, 0) is 67.1 Å². The van der Waals surface area contributed by atoms with Crippen LogP contribution < -0.4 is 10.6 Å². The third-order valence-electron chi connectivity index (χ3n) is 8.85. The number of pyridine rings is 1. The Kier molecular flexibility index (Phi) is 6.17. The summed E-state index contributed by atoms with van der Waals surface area (Å²) >= 11 is 13.1. The van der Waals surface area contributed by atoms with Gasteiger partial charge in [-0.3, -0.25) is 24.3 Å². The lowest BCUT2D eigenvalue weighted by Crippen LogP contribution is -2.46. The molecule has 3 aromatic rings. The van der Waals surface area contributed by atoms with Gasteiger partial charge in [0.25, 0.3) is 5.91 Å². The van der Waals surface area contributed by atoms with Crippen LogP contribution in [0.1, 0.15) is 54.4 Å². The highest BCUT2D eigenvalue weighted by atomic mass is 35.5. The number of carbonyl (C=O) groups is 3. The molecule has 2 spiro atoms. The van der Waals surface area contributed by atoms with Crippen LogP contribution in [0.3, 0.4) is 0 Å². The normalized spacial score (nSPS) is 22.1. The quantitative estimate of drug-likeness (QED) is 0.431. The number of benzene rings is 2. The van der Waals surface area contributed by atoms with Gasteiger partial charge in [0.1, 0.15) is 23.7 Å². The minimum Gasteiger partial charge on any atom is -0.325 e. The predicted molar refractivity (Wildman–Crippen MR) is 158 cm³/mol. The Morgan fingerprint density at radius 3 is 2.51 bits per heavy atom. The van der Waals surface area contributed by atoms with Gasteiger partial charge in [0, 0.05) is 17.4 Å². The highest BCUT2D eigenvalue weighted by molar-refractivity contribution is 6.41. The van der Waals surface area contributed by atoms with Gasteiger partial charge in [-0.1, -0.05) is 60.7 Å². The molecule has 41 heavy (non-hydrogen) atoms. The Morgan fingerprint density at radius 1 is 0.976 bits per heavy atom. The zero-order chi connectivity index (χ0) is 28.4. The number of carbonyl (C=O) groups excluding carboxylic acids is 3. The second-order valence-electron chi connectivity index (χ2n) is 11.3. The van der Waals surface area contributed by atoms with E-state index in [0.29, 0.717) is 58.6 Å². The van der Waals surface area contributed by atoms with Crippen LogP contribution in [0.15, 0.2) is 59.7 Å². The zero-order valence-corrected chi connectivity index (χ0v) is 23.7. The first-order valence-corrected chi connectivity index (χ1v) is 14.6. The summed E-state index contributed by atoms with van der Waals surface area (Å²) in [5, 5.41) is 6.63. The van der Waals surface area contributed by atoms with E-state index in [1.807, 2.05) is 30.3 Å². The summed E-state index contributed by atoms with van der Waals surface area (Å²) in [7, 11) is 0. The fourth-order valence-corrected chi connectivity index (χ4v) is 7.43. The summed E-state index contributed by atoms with van der Waals surface area (Å²) in [6, 6.07) is 14.6. The van der Waals surface area contributed by atoms with Crippen molar-refractivity contribution in [1.29, 1.82) is 0 Å². The first-order chi connectivity index (χ1) is 19.8. The van der Waals surface area contributed by atoms with Gasteiger partial charge in [-0.25, -0.2) is 4.98 Å². The van der Waals surface area contributed by atoms with E-state index in [9.17, 15) is 14.4 Å². The number of nitrogens with zero attached hydrogens (tertiary/aromatic N) is 3. The Labute approximate surface area is 247 Å². The summed E-state index contributed by atoms with van der Waals surface area (Å²) in [4.78, 5) is 50.9. The fraction of sp³-hybridized carbons (Fsp3) is 0.323. The Bertz CT molecular complexity index is 1640. The maximum atomic E-state index is 13.8. The first-order valence-electron chi connectivity index (χ1n) is 13.8. The van der Waals surface area contributed by atoms with Crippen LogP contribution in [0, 0.1) is 0 Å². The minimum absolute atomic E-state index is 0.0535. The molecule has 7 rings (SSSR count). The van der Waals surface area contributed by atoms with Crippen molar-refractivity contribution >= 4 is 58.3 Å². The van der Waals surface area contributed by atoms with Crippen molar-refractivity contribution in [3.63, 3.8) is 0 Å². The summed E-state index contributed by atoms with van der Waals surface area (Å²) in [6.07, 6.45) is 6.88. The van der Waals surface area contributed by atoms with E-state index >= 15 is 0 Å². The van der Waals surface area contributed by atoms with Crippen molar-refractivity contribution in [2.45, 2.75) is 55.9 Å². The molecular formula is C31H27Cl2N5O3. The smallest absolute Gasteiger partial charge is 0.256 e. The van der Waals surface area contributed by atoms with Crippen LogP contribution >= 0.6 is 23.2 Å². The number of fused-ring (bicyclic) bond motifs is 3. The number of rotatable bonds is 4. The summed E-state index contributed by atoms with van der Waals surface area (Å²) in [6.45, 7) is -0.219. The number of anilines is 2. The van der Waals surface area contributed by atoms with Gasteiger partial charge in [-0.2, -0.15) is 0 Å². The van der Waals surface area contributed by atoms with Crippen molar-refractivity contribution < 1.29 is 14.4 Å². The number of amidine groups is 1. The molecule has 3 amide bonds. The molecule has 0 saturated heterocycles. The molecule has 1 aromatic heterocycles. The molecule has 1 atom stereocenters. The fourth-order valence-electron chi connectivity index (χ4n) is 6.86. The largest absolute Gasteiger partial charge is 0.325 e. The molecule has 2 aromatic carbocycles. The molecule has 4 aliphatic rings. The molecule has 8 nitrogen and oxygen atoms in total. The molecule has 0 bridgehead atoms. The highest BCUT2D eigenvalue weighted by Crippen LogP contribution is 2.47. The highest BCUT2D eigenvalue weighted by Gasteiger charge is 2.52. The number of amides is 3. The van der Waals surface area contributed by atoms with Crippen LogP contribution in [0.4, 0.5) is 11.5 Å². The maximum Gasteiger partial charge on any atom is 0.256 e. The molecule has 10 heteroatoms. The molecule has 1 unspecified atom stereocenters. The standard InChI is InChI=1S/C31H27Cl2N5O3/c32-22-7-4-8-23(33)25(22)27-37-31(11-2-1-3-12-31)29(41)38(27)17-24(39)35-20-10-9-18-15-30(16-19(18)14-20)21-6-5-13-34-26(21)36-28(30)40/h4-10,13-14H,1-3,11-12,15-17H2,(H,35,39)(H,34,36,40). The first kappa shape index (κ1) is 26.2. The number of aromatic nitrogens is 1. The van der Waals surface area contributed by atoms with E-state index in [0.717, 1.165) is 36.0 Å². The van der Waals surface area contributed by atoms with Crippen LogP contribution in [0.2, 0.25) is 10.0 Å². The van der Waals surface area contributed by atoms with E-state index < -0.39 is 11.0 Å². The average molecular weight is 588 g/mol. The van der Waals surface area contributed by atoms with Crippen molar-refractivity contribution in [3.8, 4) is 0 Å². The molecule has 1 saturated carbocycles. The van der Waals surface area contributed by atoms with Gasteiger partial charge >= 0.3 is 0 Å². The molecule has 1 fully saturated rings. The number of hydrogen-bond donors (Lipinski definition) is 2. The van der Waals surface area contributed by atoms with Gasteiger partial charge in [0.05, 0.1) is 21.0 Å². The van der Waals surface area contributed by atoms with E-state index in [1.54, 1.807) is 24.4 Å². The molecule has 208 valence electrons. The van der Waals surface area contributed by atoms with Gasteiger partial charge in [-0.15, -0.1) is 0 Å². The summed E-state index contributed by atoms with van der Waals surface area (Å²) in [5.41, 5.74) is 2.46. The van der Waals surface area contributed by atoms with Crippen molar-refractivity contribution in [2.24, 2.45) is 4.99 Å². The van der Waals surface area contributed by atoms with Crippen LogP contribution in [-0.4, -0.2) is 45.5 Å². The Balaban J connectivity index is 1.13. The van der Waals surface area contributed by atoms with E-state index in [2.05, 4.69) is 15.6 Å². The molecule has 2 N–H and O–H groups in total. The van der Waals surface area contributed by atoms with Crippen LogP contribution in [-0.2, 0) is 32.6 Å². The lowest BCUT2D eigenvalue weighted by Gasteiger charge is -2.29. The second-order valence-corrected chi connectivity index (χ2v) is 12.2. The number of halogens is 2. The lowest BCUT2D eigenvalue weighted by molar-refractivity contribution is -0.134. The molecule has 3 heterocycles. The summed E-state index contributed by atoms with van der Waals surface area (Å²) in [5.74, 6) is 0.359. The van der Waals surface area contributed by atoms with E-state index in [1.165, 1.54) is 4.90 Å². The lowest BCUT2D eigenvalue weighted by atomic mass is 9.79. The SMILES string of the molecule is O=C(CN1C(=O)C2(CCCCC2)N=C1c1c(Cl)cccc1Cl)Nc1ccc2c(c1)CC1(C2)C(=O)Nc2ncccc21. The van der Waals surface area contributed by atoms with Gasteiger partial charge in [0.2, 0.25) is 11.8 Å². The minimum atomic E-state index is -0.884. The molecule has 0 radical (unpaired) electrons. The summed E-state index contributed by atoms with van der Waals surface area (Å²) < 4.78 is 0. The zero-order valence-electron chi connectivity index (χ0n) is 22.2. The van der Waals surface area contributed by atoms with Crippen molar-refractivity contribution in [2.75, 3.05) is 17.2 Å². The number of hydrogen-bond acceptors (Lipinski definition) is 5. The molecular weight excluding hydrogens is 561 g/mol. The Hall–Kier alpha value is -3.75. The average Bonchev–Trinajstić information content (AvgIpc) is 3.55. The van der Waals surface area contributed by atoms with Crippen LogP contribution in [0.5, 0.6) is 0 Å². The van der Waals surface area contributed by atoms with Crippen LogP contribution in [0.25, 0.3) is 0 Å². The molecule has 2 aliphatic carbocycles. The molecule has 2 aliphatic heterocycles. The number of nitrogens with one attached hydrogen (secondary N) is 2. The van der Waals surface area contributed by atoms with Crippen molar-refractivity contribution in [3.05, 3.63) is 87.0 Å². The van der Waals surface area contributed by atoms with E-state index in [-0.39, 0.29) is 24.3 Å². The predicted octanol–water partition coefficient (Wildman–Crippen LogP) is 5.31. The Morgan fingerprint density at radius 2 is 1.73 bits per heavy atom. The maximum absolute atomic E-state index is 13.8. The third kappa shape index (κ3) is 4.15. The van der Waals surface area contributed by atoms with Crippen molar-refractivity contribution in [1.82, 2.24) is 9.88 Å². The van der Waals surface area contributed by atoms with Gasteiger partial charge < -0.3 is 10.6 Å². The monoisotopic (exact) mass is 587 g/mol. The third-order valence-corrected chi connectivity index (χ3v) is 9.48. The number of aliphatic imine (C=N–C) groups is 1. The van der Waals surface area contributed by atoms with Gasteiger partial charge in [0.15, 0.2) is 0 Å². The van der Waals surface area contributed by atoms with E-state index in [4.69, 9.17) is 28.2 Å². The second kappa shape index (κ2) is 9.67. The topological polar surface area (TPSA) is 104 Å².